The molecule has 0 aliphatic rings. The molecule has 0 radical (unpaired) electrons. The number of hydrogen-bond donors (Lipinski definition) is 2. The van der Waals surface area contributed by atoms with Crippen molar-refractivity contribution in [1.29, 1.82) is 0 Å². The van der Waals surface area contributed by atoms with Crippen LogP contribution in [0, 0.1) is 0 Å². The first-order valence-electron chi connectivity index (χ1n) is 4.30. The van der Waals surface area contributed by atoms with E-state index in [2.05, 4.69) is 9.68 Å². The molecule has 1 heterocycles. The van der Waals surface area contributed by atoms with E-state index in [0.717, 1.165) is 0 Å². The monoisotopic (exact) mass is 208 g/mol. The summed E-state index contributed by atoms with van der Waals surface area (Å²) in [6, 6.07) is 4.43. The molecule has 0 bridgehead atoms. The van der Waals surface area contributed by atoms with Crippen molar-refractivity contribution < 1.29 is 14.0 Å². The van der Waals surface area contributed by atoms with E-state index in [1.165, 1.54) is 24.4 Å². The molecule has 2 rings (SSSR count). The van der Waals surface area contributed by atoms with Crippen LogP contribution in [0.15, 0.2) is 28.9 Å². The van der Waals surface area contributed by atoms with E-state index in [1.54, 1.807) is 0 Å². The predicted octanol–water partition coefficient (Wildman–Crippen LogP) is 2.10. The highest BCUT2D eigenvalue weighted by molar-refractivity contribution is 5.77. The van der Waals surface area contributed by atoms with Crippen LogP contribution in [0.5, 0.6) is 5.75 Å². The van der Waals surface area contributed by atoms with Gasteiger partial charge in [0.15, 0.2) is 0 Å². The number of benzene rings is 1. The third-order valence-electron chi connectivity index (χ3n) is 2.10. The minimum Gasteiger partial charge on any atom is -0.507 e. The second-order valence-electron chi connectivity index (χ2n) is 3.09. The number of phenolic OH excluding ortho intramolecular Hbond substituents is 1. The van der Waals surface area contributed by atoms with Crippen LogP contribution >= 0.6 is 0 Å². The standard InChI is InChI=1S/C10H9FN2O2/c11-4-6-1-2-9(14)7(3-6)8-5-13-15-10(8)12/h1-3,5,14H,4,12H2. The molecule has 0 aliphatic carbocycles. The quantitative estimate of drug-likeness (QED) is 0.792. The summed E-state index contributed by atoms with van der Waals surface area (Å²) in [5.41, 5.74) is 6.84. The fourth-order valence-electron chi connectivity index (χ4n) is 1.33. The lowest BCUT2D eigenvalue weighted by Crippen LogP contribution is -1.87. The molecule has 0 amide bonds. The van der Waals surface area contributed by atoms with Crippen LogP contribution < -0.4 is 5.73 Å². The number of nitrogen functional groups attached to an aromatic ring is 1. The van der Waals surface area contributed by atoms with Crippen LogP contribution in [0.3, 0.4) is 0 Å². The largest absolute Gasteiger partial charge is 0.507 e. The highest BCUT2D eigenvalue weighted by Gasteiger charge is 2.11. The van der Waals surface area contributed by atoms with Gasteiger partial charge in [0.25, 0.3) is 0 Å². The minimum atomic E-state index is -0.599. The number of rotatable bonds is 2. The number of aromatic nitrogens is 1. The van der Waals surface area contributed by atoms with Gasteiger partial charge in [-0.3, -0.25) is 0 Å². The summed E-state index contributed by atoms with van der Waals surface area (Å²) in [5.74, 6) is 0.114. The lowest BCUT2D eigenvalue weighted by Gasteiger charge is -2.03. The first-order chi connectivity index (χ1) is 7.22. The summed E-state index contributed by atoms with van der Waals surface area (Å²) >= 11 is 0. The van der Waals surface area contributed by atoms with E-state index in [-0.39, 0.29) is 11.6 Å². The van der Waals surface area contributed by atoms with E-state index in [0.29, 0.717) is 16.7 Å². The van der Waals surface area contributed by atoms with E-state index < -0.39 is 6.67 Å². The van der Waals surface area contributed by atoms with Gasteiger partial charge in [0.05, 0.1) is 11.8 Å². The van der Waals surface area contributed by atoms with Crippen LogP contribution in [0.1, 0.15) is 5.56 Å². The van der Waals surface area contributed by atoms with Crippen molar-refractivity contribution in [3.8, 4) is 16.9 Å². The van der Waals surface area contributed by atoms with Crippen LogP contribution in [-0.2, 0) is 6.67 Å². The maximum atomic E-state index is 12.4. The Morgan fingerprint density at radius 2 is 2.20 bits per heavy atom. The van der Waals surface area contributed by atoms with Crippen molar-refractivity contribution in [1.82, 2.24) is 5.16 Å². The molecule has 0 aliphatic heterocycles. The molecular weight excluding hydrogens is 199 g/mol. The fourth-order valence-corrected chi connectivity index (χ4v) is 1.33. The molecule has 0 saturated heterocycles. The topological polar surface area (TPSA) is 72.3 Å². The Kier molecular flexibility index (Phi) is 2.29. The van der Waals surface area contributed by atoms with E-state index in [9.17, 15) is 9.50 Å². The summed E-state index contributed by atoms with van der Waals surface area (Å²) in [6.45, 7) is -0.599. The minimum absolute atomic E-state index is 0.0158. The van der Waals surface area contributed by atoms with Gasteiger partial charge in [-0.2, -0.15) is 0 Å². The van der Waals surface area contributed by atoms with Crippen LogP contribution in [0.25, 0.3) is 11.1 Å². The molecule has 78 valence electrons. The van der Waals surface area contributed by atoms with E-state index in [4.69, 9.17) is 5.73 Å². The highest BCUT2D eigenvalue weighted by Crippen LogP contribution is 2.33. The third kappa shape index (κ3) is 1.63. The smallest absolute Gasteiger partial charge is 0.230 e. The Hall–Kier alpha value is -2.04. The van der Waals surface area contributed by atoms with Crippen LogP contribution in [-0.4, -0.2) is 10.3 Å². The molecule has 0 spiro atoms. The molecular formula is C10H9FN2O2. The van der Waals surface area contributed by atoms with Crippen molar-refractivity contribution in [2.24, 2.45) is 0 Å². The molecule has 1 aromatic carbocycles. The average molecular weight is 208 g/mol. The maximum absolute atomic E-state index is 12.4. The Balaban J connectivity index is 2.56. The molecule has 2 aromatic rings. The number of anilines is 1. The summed E-state index contributed by atoms with van der Waals surface area (Å²) in [5, 5.41) is 13.1. The van der Waals surface area contributed by atoms with Crippen molar-refractivity contribution >= 4 is 5.88 Å². The fraction of sp³-hybridized carbons (Fsp3) is 0.100. The summed E-state index contributed by atoms with van der Waals surface area (Å²) in [4.78, 5) is 0. The van der Waals surface area contributed by atoms with Crippen molar-refractivity contribution in [2.75, 3.05) is 5.73 Å². The van der Waals surface area contributed by atoms with E-state index >= 15 is 0 Å². The zero-order valence-electron chi connectivity index (χ0n) is 7.77. The number of aromatic hydroxyl groups is 1. The van der Waals surface area contributed by atoms with Gasteiger partial charge in [0, 0.05) is 5.56 Å². The van der Waals surface area contributed by atoms with Crippen LogP contribution in [0.2, 0.25) is 0 Å². The Morgan fingerprint density at radius 3 is 2.80 bits per heavy atom. The normalized spacial score (nSPS) is 10.5. The summed E-state index contributed by atoms with van der Waals surface area (Å²) in [7, 11) is 0. The molecule has 4 nitrogen and oxygen atoms in total. The average Bonchev–Trinajstić information content (AvgIpc) is 2.65. The second kappa shape index (κ2) is 3.61. The molecule has 0 fully saturated rings. The number of nitrogens with two attached hydrogens (primary N) is 1. The third-order valence-corrected chi connectivity index (χ3v) is 2.10. The number of alkyl halides is 1. The molecule has 1 aromatic heterocycles. The van der Waals surface area contributed by atoms with Gasteiger partial charge in [-0.15, -0.1) is 0 Å². The first kappa shape index (κ1) is 9.51. The molecule has 0 atom stereocenters. The van der Waals surface area contributed by atoms with Gasteiger partial charge in [-0.1, -0.05) is 11.2 Å². The van der Waals surface area contributed by atoms with Gasteiger partial charge in [-0.25, -0.2) is 4.39 Å². The zero-order chi connectivity index (χ0) is 10.8. The predicted molar refractivity (Wildman–Crippen MR) is 52.8 cm³/mol. The number of halogens is 1. The summed E-state index contributed by atoms with van der Waals surface area (Å²) in [6.07, 6.45) is 1.38. The lowest BCUT2D eigenvalue weighted by atomic mass is 10.0. The van der Waals surface area contributed by atoms with Gasteiger partial charge in [0.2, 0.25) is 5.88 Å². The van der Waals surface area contributed by atoms with Gasteiger partial charge in [-0.05, 0) is 17.7 Å². The summed E-state index contributed by atoms with van der Waals surface area (Å²) < 4.78 is 17.1. The second-order valence-corrected chi connectivity index (χ2v) is 3.09. The van der Waals surface area contributed by atoms with Crippen LogP contribution in [0.4, 0.5) is 10.3 Å². The molecule has 0 unspecified atom stereocenters. The Morgan fingerprint density at radius 1 is 1.40 bits per heavy atom. The molecule has 3 N–H and O–H groups in total. The SMILES string of the molecule is Nc1oncc1-c1cc(CF)ccc1O. The first-order valence-corrected chi connectivity index (χ1v) is 4.30. The highest BCUT2D eigenvalue weighted by atomic mass is 19.1. The molecule has 15 heavy (non-hydrogen) atoms. The van der Waals surface area contributed by atoms with Gasteiger partial charge >= 0.3 is 0 Å². The van der Waals surface area contributed by atoms with Crippen molar-refractivity contribution in [3.05, 3.63) is 30.0 Å². The Labute approximate surface area is 85.1 Å². The molecule has 0 saturated carbocycles. The maximum Gasteiger partial charge on any atom is 0.230 e. The van der Waals surface area contributed by atoms with Gasteiger partial charge < -0.3 is 15.4 Å². The Bertz CT molecular complexity index is 482. The van der Waals surface area contributed by atoms with E-state index in [1.807, 2.05) is 0 Å². The zero-order valence-corrected chi connectivity index (χ0v) is 7.77. The number of phenols is 1. The number of hydrogen-bond acceptors (Lipinski definition) is 4. The number of nitrogens with zero attached hydrogens (tertiary/aromatic N) is 1. The van der Waals surface area contributed by atoms with Gasteiger partial charge in [0.1, 0.15) is 12.4 Å². The lowest BCUT2D eigenvalue weighted by molar-refractivity contribution is 0.436. The molecule has 5 heteroatoms. The van der Waals surface area contributed by atoms with Crippen molar-refractivity contribution in [2.45, 2.75) is 6.67 Å². The van der Waals surface area contributed by atoms with Crippen molar-refractivity contribution in [3.63, 3.8) is 0 Å².